The first-order chi connectivity index (χ1) is 9.62. The van der Waals surface area contributed by atoms with Gasteiger partial charge in [-0.3, -0.25) is 4.57 Å². The van der Waals surface area contributed by atoms with E-state index in [1.54, 1.807) is 0 Å². The van der Waals surface area contributed by atoms with Crippen LogP contribution in [-0.4, -0.2) is 19.3 Å². The first-order valence-corrected chi connectivity index (χ1v) is 7.27. The molecule has 1 aromatic carbocycles. The van der Waals surface area contributed by atoms with Crippen LogP contribution in [0.15, 0.2) is 23.5 Å². The lowest BCUT2D eigenvalue weighted by Gasteiger charge is -2.10. The Morgan fingerprint density at radius 3 is 2.14 bits per heavy atom. The molecular formula is C10H3Cl3F4N2OS. The molecule has 0 radical (unpaired) electrons. The van der Waals surface area contributed by atoms with Crippen LogP contribution in [0.3, 0.4) is 0 Å². The molecule has 3 nitrogen and oxygen atoms in total. The average molecular weight is 382 g/mol. The van der Waals surface area contributed by atoms with Crippen molar-refractivity contribution >= 4 is 45.6 Å². The number of hydrogen-bond donors (Lipinski definition) is 0. The molecule has 0 saturated heterocycles. The summed E-state index contributed by atoms with van der Waals surface area (Å²) >= 11 is 17.3. The maximum absolute atomic E-state index is 13.1. The summed E-state index contributed by atoms with van der Waals surface area (Å²) in [5.41, 5.74) is -5.08. The monoisotopic (exact) mass is 380 g/mol. The van der Waals surface area contributed by atoms with Gasteiger partial charge in [0.15, 0.2) is 15.8 Å². The Balaban J connectivity index is 2.59. The molecule has 2 aromatic rings. The minimum absolute atomic E-state index is 0.0670. The Morgan fingerprint density at radius 2 is 1.67 bits per heavy atom. The lowest BCUT2D eigenvalue weighted by atomic mass is 10.3. The zero-order valence-corrected chi connectivity index (χ0v) is 12.7. The second-order valence-corrected chi connectivity index (χ2v) is 6.20. The molecule has 0 amide bonds. The highest BCUT2D eigenvalue weighted by atomic mass is 35.5. The highest BCUT2D eigenvalue weighted by Gasteiger charge is 2.41. The SMILES string of the molecule is O=S(c1ncn(-c2c(Cl)cc(F)cc2Cl)c1Cl)C(F)(F)F. The number of aromatic nitrogens is 2. The van der Waals surface area contributed by atoms with Gasteiger partial charge in [0.05, 0.1) is 15.7 Å². The minimum atomic E-state index is -5.01. The van der Waals surface area contributed by atoms with Crippen molar-refractivity contribution in [1.29, 1.82) is 0 Å². The van der Waals surface area contributed by atoms with Gasteiger partial charge in [0, 0.05) is 0 Å². The van der Waals surface area contributed by atoms with E-state index in [2.05, 4.69) is 4.98 Å². The second kappa shape index (κ2) is 5.75. The van der Waals surface area contributed by atoms with Gasteiger partial charge < -0.3 is 0 Å². The standard InChI is InChI=1S/C10H3Cl3F4N2OS/c11-5-1-4(14)2-6(12)7(5)19-3-18-9(8(19)13)21(20)10(15,16)17/h1-3H. The maximum atomic E-state index is 13.1. The summed E-state index contributed by atoms with van der Waals surface area (Å²) in [7, 11) is -3.41. The number of nitrogens with zero attached hydrogens (tertiary/aromatic N) is 2. The van der Waals surface area contributed by atoms with E-state index in [0.29, 0.717) is 0 Å². The van der Waals surface area contributed by atoms with Gasteiger partial charge in [0.1, 0.15) is 17.3 Å². The van der Waals surface area contributed by atoms with E-state index in [4.69, 9.17) is 34.8 Å². The van der Waals surface area contributed by atoms with Crippen LogP contribution < -0.4 is 0 Å². The topological polar surface area (TPSA) is 34.9 Å². The van der Waals surface area contributed by atoms with Gasteiger partial charge in [-0.2, -0.15) is 13.2 Å². The van der Waals surface area contributed by atoms with E-state index in [1.165, 1.54) is 0 Å². The Labute approximate surface area is 132 Å². The highest BCUT2D eigenvalue weighted by molar-refractivity contribution is 7.86. The Bertz CT molecular complexity index is 709. The van der Waals surface area contributed by atoms with E-state index < -0.39 is 32.3 Å². The quantitative estimate of drug-likeness (QED) is 0.713. The van der Waals surface area contributed by atoms with Crippen molar-refractivity contribution in [3.63, 3.8) is 0 Å². The summed E-state index contributed by atoms with van der Waals surface area (Å²) in [6.07, 6.45) is 0.867. The van der Waals surface area contributed by atoms with Crippen molar-refractivity contribution < 1.29 is 21.8 Å². The molecule has 0 N–H and O–H groups in total. The van der Waals surface area contributed by atoms with Crippen molar-refractivity contribution in [3.05, 3.63) is 39.5 Å². The van der Waals surface area contributed by atoms with Crippen LogP contribution in [0, 0.1) is 5.82 Å². The van der Waals surface area contributed by atoms with Gasteiger partial charge in [-0.05, 0) is 12.1 Å². The van der Waals surface area contributed by atoms with Crippen LogP contribution >= 0.6 is 34.8 Å². The molecule has 0 fully saturated rings. The molecule has 11 heteroatoms. The van der Waals surface area contributed by atoms with Crippen molar-refractivity contribution in [2.75, 3.05) is 0 Å². The van der Waals surface area contributed by atoms with E-state index in [9.17, 15) is 21.8 Å². The number of rotatable bonds is 2. The summed E-state index contributed by atoms with van der Waals surface area (Å²) < 4.78 is 62.5. The molecule has 114 valence electrons. The predicted octanol–water partition coefficient (Wildman–Crippen LogP) is 4.60. The second-order valence-electron chi connectivity index (χ2n) is 3.64. The van der Waals surface area contributed by atoms with Crippen LogP contribution in [0.25, 0.3) is 5.69 Å². The molecule has 1 heterocycles. The van der Waals surface area contributed by atoms with Crippen LogP contribution in [-0.2, 0) is 10.8 Å². The fraction of sp³-hybridized carbons (Fsp3) is 0.100. The van der Waals surface area contributed by atoms with Crippen molar-refractivity contribution in [3.8, 4) is 5.69 Å². The zero-order chi connectivity index (χ0) is 15.9. The number of imidazole rings is 1. The average Bonchev–Trinajstić information content (AvgIpc) is 2.68. The van der Waals surface area contributed by atoms with Gasteiger partial charge in [-0.1, -0.05) is 34.8 Å². The van der Waals surface area contributed by atoms with E-state index in [1.807, 2.05) is 0 Å². The van der Waals surface area contributed by atoms with Crippen molar-refractivity contribution in [1.82, 2.24) is 9.55 Å². The van der Waals surface area contributed by atoms with E-state index in [-0.39, 0.29) is 15.7 Å². The third-order valence-electron chi connectivity index (χ3n) is 2.29. The van der Waals surface area contributed by atoms with E-state index in [0.717, 1.165) is 23.0 Å². The highest BCUT2D eigenvalue weighted by Crippen LogP contribution is 2.35. The molecule has 0 aliphatic heterocycles. The lowest BCUT2D eigenvalue weighted by molar-refractivity contribution is -0.0386. The van der Waals surface area contributed by atoms with Crippen molar-refractivity contribution in [2.24, 2.45) is 0 Å². The van der Waals surface area contributed by atoms with Gasteiger partial charge in [0.25, 0.3) is 0 Å². The minimum Gasteiger partial charge on any atom is -0.286 e. The van der Waals surface area contributed by atoms with Crippen LogP contribution in [0.2, 0.25) is 15.2 Å². The molecule has 2 rings (SSSR count). The first-order valence-electron chi connectivity index (χ1n) is 4.99. The number of alkyl halides is 3. The molecule has 1 aromatic heterocycles. The van der Waals surface area contributed by atoms with Gasteiger partial charge in [0.2, 0.25) is 0 Å². The van der Waals surface area contributed by atoms with Crippen LogP contribution in [0.4, 0.5) is 17.6 Å². The smallest absolute Gasteiger partial charge is 0.286 e. The molecular weight excluding hydrogens is 379 g/mol. The van der Waals surface area contributed by atoms with Gasteiger partial charge >= 0.3 is 5.51 Å². The fourth-order valence-electron chi connectivity index (χ4n) is 1.47. The zero-order valence-electron chi connectivity index (χ0n) is 9.59. The Morgan fingerprint density at radius 1 is 1.14 bits per heavy atom. The molecule has 1 unspecified atom stereocenters. The summed E-state index contributed by atoms with van der Waals surface area (Å²) in [5.74, 6) is -0.732. The summed E-state index contributed by atoms with van der Waals surface area (Å²) in [6.45, 7) is 0. The largest absolute Gasteiger partial charge is 0.477 e. The number of benzene rings is 1. The molecule has 0 spiro atoms. The Kier molecular flexibility index (Phi) is 4.53. The van der Waals surface area contributed by atoms with Crippen LogP contribution in [0.5, 0.6) is 0 Å². The van der Waals surface area contributed by atoms with E-state index >= 15 is 0 Å². The van der Waals surface area contributed by atoms with Gasteiger partial charge in [-0.15, -0.1) is 0 Å². The third-order valence-corrected chi connectivity index (χ3v) is 4.41. The first kappa shape index (κ1) is 16.5. The maximum Gasteiger partial charge on any atom is 0.477 e. The molecule has 1 atom stereocenters. The Hall–Kier alpha value is -0.830. The number of hydrogen-bond acceptors (Lipinski definition) is 2. The van der Waals surface area contributed by atoms with Crippen LogP contribution in [0.1, 0.15) is 0 Å². The van der Waals surface area contributed by atoms with Crippen molar-refractivity contribution in [2.45, 2.75) is 10.5 Å². The number of halogens is 7. The molecule has 0 bridgehead atoms. The van der Waals surface area contributed by atoms with Gasteiger partial charge in [-0.25, -0.2) is 13.6 Å². The fourth-order valence-corrected chi connectivity index (χ4v) is 3.11. The summed E-state index contributed by atoms with van der Waals surface area (Å²) in [5, 5.41) is -1.85. The summed E-state index contributed by atoms with van der Waals surface area (Å²) in [6, 6.07) is 1.80. The summed E-state index contributed by atoms with van der Waals surface area (Å²) in [4.78, 5) is 3.36. The third kappa shape index (κ3) is 3.18. The lowest BCUT2D eigenvalue weighted by Crippen LogP contribution is -2.17. The molecule has 0 aliphatic rings. The normalized spacial score (nSPS) is 13.5. The predicted molar refractivity (Wildman–Crippen MR) is 71.0 cm³/mol. The molecule has 0 saturated carbocycles. The molecule has 0 aliphatic carbocycles. The molecule has 21 heavy (non-hydrogen) atoms.